The zero-order valence-electron chi connectivity index (χ0n) is 8.04. The van der Waals surface area contributed by atoms with Crippen LogP contribution in [0.1, 0.15) is 5.69 Å². The van der Waals surface area contributed by atoms with E-state index >= 15 is 0 Å². The van der Waals surface area contributed by atoms with E-state index in [9.17, 15) is 4.79 Å². The molecule has 14 heavy (non-hydrogen) atoms. The van der Waals surface area contributed by atoms with E-state index in [4.69, 9.17) is 0 Å². The third kappa shape index (κ3) is 1.51. The summed E-state index contributed by atoms with van der Waals surface area (Å²) >= 11 is 0. The Kier molecular flexibility index (Phi) is 2.91. The van der Waals surface area contributed by atoms with Crippen LogP contribution in [-0.4, -0.2) is 4.98 Å². The van der Waals surface area contributed by atoms with Gasteiger partial charge in [0.2, 0.25) is 0 Å². The molecule has 0 aliphatic rings. The van der Waals surface area contributed by atoms with Gasteiger partial charge in [-0.25, -0.2) is 4.98 Å². The van der Waals surface area contributed by atoms with E-state index in [2.05, 4.69) is 4.98 Å². The third-order valence-corrected chi connectivity index (χ3v) is 2.37. The van der Waals surface area contributed by atoms with Crippen LogP contribution >= 0.6 is 0 Å². The molecule has 1 aromatic carbocycles. The molecule has 1 aromatic heterocycles. The normalized spacial score (nSPS) is 9.86. The van der Waals surface area contributed by atoms with Crippen LogP contribution in [0.2, 0.25) is 0 Å². The number of para-hydroxylation sites is 1. The van der Waals surface area contributed by atoms with Gasteiger partial charge in [-0.2, -0.15) is 9.36 Å². The molecule has 0 saturated carbocycles. The number of benzene rings is 1. The lowest BCUT2D eigenvalue weighted by Crippen LogP contribution is -3.00. The second-order valence-electron chi connectivity index (χ2n) is 3.12. The Labute approximate surface area is 87.8 Å². The van der Waals surface area contributed by atoms with Gasteiger partial charge in [0.25, 0.3) is 0 Å². The molecule has 74 valence electrons. The lowest BCUT2D eigenvalue weighted by molar-refractivity contribution is -0.693. The summed E-state index contributed by atoms with van der Waals surface area (Å²) in [5, 5.41) is 1.09. The van der Waals surface area contributed by atoms with Gasteiger partial charge in [0.05, 0.1) is 12.4 Å². The van der Waals surface area contributed by atoms with Crippen molar-refractivity contribution >= 4 is 10.9 Å². The monoisotopic (exact) mass is 210 g/mol. The number of hydrogen-bond donors (Lipinski definition) is 1. The summed E-state index contributed by atoms with van der Waals surface area (Å²) in [7, 11) is 1.76. The van der Waals surface area contributed by atoms with Crippen LogP contribution in [0.15, 0.2) is 29.1 Å². The number of nitrogens with zero attached hydrogens (tertiary/aromatic N) is 1. The molecule has 0 fully saturated rings. The van der Waals surface area contributed by atoms with Gasteiger partial charge in [-0.05, 0) is 19.1 Å². The maximum absolute atomic E-state index is 11.4. The van der Waals surface area contributed by atoms with Crippen LogP contribution < -0.4 is 22.7 Å². The van der Waals surface area contributed by atoms with Crippen molar-refractivity contribution in [2.24, 2.45) is 7.05 Å². The zero-order chi connectivity index (χ0) is 9.42. The third-order valence-electron chi connectivity index (χ3n) is 2.37. The van der Waals surface area contributed by atoms with Crippen LogP contribution in [-0.2, 0) is 7.05 Å². The Morgan fingerprint density at radius 3 is 2.64 bits per heavy atom. The highest BCUT2D eigenvalue weighted by Gasteiger charge is 2.08. The number of aromatic nitrogens is 2. The van der Waals surface area contributed by atoms with Crippen molar-refractivity contribution in [3.05, 3.63) is 40.4 Å². The Morgan fingerprint density at radius 1 is 1.29 bits per heavy atom. The number of halogens is 1. The Hall–Kier alpha value is -1.35. The van der Waals surface area contributed by atoms with Crippen molar-refractivity contribution in [1.29, 1.82) is 0 Å². The molecule has 0 radical (unpaired) electrons. The van der Waals surface area contributed by atoms with E-state index in [0.29, 0.717) is 0 Å². The summed E-state index contributed by atoms with van der Waals surface area (Å²) in [5.74, 6) is 0. The fourth-order valence-electron chi connectivity index (χ4n) is 1.44. The van der Waals surface area contributed by atoms with Crippen molar-refractivity contribution in [2.75, 3.05) is 0 Å². The molecule has 0 aliphatic carbocycles. The highest BCUT2D eigenvalue weighted by molar-refractivity contribution is 5.79. The van der Waals surface area contributed by atoms with Crippen molar-refractivity contribution in [2.45, 2.75) is 6.92 Å². The van der Waals surface area contributed by atoms with Crippen molar-refractivity contribution < 1.29 is 17.0 Å². The van der Waals surface area contributed by atoms with Gasteiger partial charge in [-0.3, -0.25) is 0 Å². The molecule has 3 nitrogen and oxygen atoms in total. The quantitative estimate of drug-likeness (QED) is 0.487. The van der Waals surface area contributed by atoms with E-state index in [1.165, 1.54) is 0 Å². The molecular weight excluding hydrogens is 200 g/mol. The Bertz CT molecular complexity index is 519. The molecule has 0 amide bonds. The number of rotatable bonds is 0. The molecule has 2 rings (SSSR count). The minimum atomic E-state index is -0.0730. The number of aromatic amines is 1. The van der Waals surface area contributed by atoms with Crippen LogP contribution in [0.25, 0.3) is 10.9 Å². The maximum atomic E-state index is 11.4. The Balaban J connectivity index is 0.000000980. The molecule has 1 N–H and O–H groups in total. The molecule has 2 aromatic rings. The lowest BCUT2D eigenvalue weighted by atomic mass is 10.2. The molecule has 0 unspecified atom stereocenters. The molecule has 1 heterocycles. The SMILES string of the molecule is Cc1c2ccccc2[nH]c(=O)[n+]1C.[Cl-]. The summed E-state index contributed by atoms with van der Waals surface area (Å²) in [5.41, 5.74) is 1.80. The fraction of sp³-hybridized carbons (Fsp3) is 0.200. The first-order valence-corrected chi connectivity index (χ1v) is 4.18. The first-order chi connectivity index (χ1) is 6.20. The van der Waals surface area contributed by atoms with Crippen molar-refractivity contribution in [3.8, 4) is 0 Å². The van der Waals surface area contributed by atoms with Crippen LogP contribution in [0.4, 0.5) is 0 Å². The van der Waals surface area contributed by atoms with Gasteiger partial charge >= 0.3 is 5.69 Å². The summed E-state index contributed by atoms with van der Waals surface area (Å²) < 4.78 is 1.61. The highest BCUT2D eigenvalue weighted by atomic mass is 35.5. The molecule has 4 heteroatoms. The van der Waals surface area contributed by atoms with Crippen LogP contribution in [0.5, 0.6) is 0 Å². The zero-order valence-corrected chi connectivity index (χ0v) is 8.80. The first-order valence-electron chi connectivity index (χ1n) is 4.18. The molecule has 0 spiro atoms. The van der Waals surface area contributed by atoms with Crippen molar-refractivity contribution in [1.82, 2.24) is 4.98 Å². The Morgan fingerprint density at radius 2 is 1.93 bits per heavy atom. The predicted molar refractivity (Wildman–Crippen MR) is 50.5 cm³/mol. The van der Waals surface area contributed by atoms with Gasteiger partial charge in [0.1, 0.15) is 11.2 Å². The lowest BCUT2D eigenvalue weighted by Gasteiger charge is -1.98. The molecular formula is C10H11ClN2O. The summed E-state index contributed by atoms with van der Waals surface area (Å²) in [4.78, 5) is 14.2. The number of fused-ring (bicyclic) bond motifs is 1. The first kappa shape index (κ1) is 10.7. The predicted octanol–water partition coefficient (Wildman–Crippen LogP) is -2.33. The van der Waals surface area contributed by atoms with Gasteiger partial charge < -0.3 is 12.4 Å². The minimum absolute atomic E-state index is 0. The molecule has 0 atom stereocenters. The average molecular weight is 211 g/mol. The smallest absolute Gasteiger partial charge is 0.496 e. The number of aryl methyl sites for hydroxylation is 1. The number of H-pyrrole nitrogens is 1. The summed E-state index contributed by atoms with van der Waals surface area (Å²) in [6.45, 7) is 1.94. The average Bonchev–Trinajstić information content (AvgIpc) is 2.15. The molecule has 0 aliphatic heterocycles. The largest absolute Gasteiger partial charge is 1.00 e. The van der Waals surface area contributed by atoms with Gasteiger partial charge in [-0.15, -0.1) is 0 Å². The van der Waals surface area contributed by atoms with E-state index in [1.54, 1.807) is 11.6 Å². The maximum Gasteiger partial charge on any atom is 0.496 e. The van der Waals surface area contributed by atoms with E-state index in [-0.39, 0.29) is 18.1 Å². The molecule has 0 bridgehead atoms. The van der Waals surface area contributed by atoms with Crippen LogP contribution in [0, 0.1) is 6.92 Å². The highest BCUT2D eigenvalue weighted by Crippen LogP contribution is 2.09. The number of hydrogen-bond acceptors (Lipinski definition) is 1. The van der Waals surface area contributed by atoms with E-state index < -0.39 is 0 Å². The van der Waals surface area contributed by atoms with Gasteiger partial charge in [0, 0.05) is 0 Å². The minimum Gasteiger partial charge on any atom is -1.00 e. The van der Waals surface area contributed by atoms with E-state index in [1.807, 2.05) is 31.2 Å². The second-order valence-corrected chi connectivity index (χ2v) is 3.12. The molecule has 0 saturated heterocycles. The van der Waals surface area contributed by atoms with E-state index in [0.717, 1.165) is 16.6 Å². The summed E-state index contributed by atoms with van der Waals surface area (Å²) in [6.07, 6.45) is 0. The van der Waals surface area contributed by atoms with Gasteiger partial charge in [-0.1, -0.05) is 12.1 Å². The van der Waals surface area contributed by atoms with Crippen molar-refractivity contribution in [3.63, 3.8) is 0 Å². The van der Waals surface area contributed by atoms with Crippen LogP contribution in [0.3, 0.4) is 0 Å². The summed E-state index contributed by atoms with van der Waals surface area (Å²) in [6, 6.07) is 7.79. The number of nitrogens with one attached hydrogen (secondary N) is 1. The second kappa shape index (κ2) is 3.80. The van der Waals surface area contributed by atoms with Gasteiger partial charge in [0.15, 0.2) is 0 Å². The topological polar surface area (TPSA) is 36.7 Å². The standard InChI is InChI=1S/C10H10N2O.ClH/c1-7-8-5-3-4-6-9(8)11-10(13)12(7)2;/h3-6H,1-2H3;1H. The fourth-order valence-corrected chi connectivity index (χ4v) is 1.44.